The number of carboxylic acids is 1. The molecule has 0 saturated carbocycles. The van der Waals surface area contributed by atoms with Gasteiger partial charge in [-0.3, -0.25) is 0 Å². The maximum absolute atomic E-state index is 11.7. The number of carboxylic acid groups (broad SMARTS) is 1. The molecule has 1 saturated heterocycles. The Balaban J connectivity index is 1.99. The predicted molar refractivity (Wildman–Crippen MR) is 83.3 cm³/mol. The smallest absolute Gasteiger partial charge is 0.343 e. The molecule has 1 aromatic heterocycles. The third-order valence-corrected chi connectivity index (χ3v) is 4.17. The number of rotatable bonds is 4. The van der Waals surface area contributed by atoms with Crippen molar-refractivity contribution in [2.24, 2.45) is 11.7 Å². The summed E-state index contributed by atoms with van der Waals surface area (Å²) in [6.07, 6.45) is 0.929. The molecular weight excluding hydrogens is 306 g/mol. The van der Waals surface area contributed by atoms with Crippen LogP contribution in [0.4, 0.5) is 5.82 Å². The van der Waals surface area contributed by atoms with Gasteiger partial charge in [-0.1, -0.05) is 16.8 Å². The van der Waals surface area contributed by atoms with Gasteiger partial charge >= 0.3 is 5.97 Å². The third kappa shape index (κ3) is 2.67. The number of hydrogen-bond donors (Lipinski definition) is 2. The molecule has 0 aliphatic carbocycles. The summed E-state index contributed by atoms with van der Waals surface area (Å²) in [5.41, 5.74) is 6.40. The number of aromatic carboxylic acids is 1. The van der Waals surface area contributed by atoms with Crippen LogP contribution in [-0.2, 0) is 0 Å². The average Bonchev–Trinajstić information content (AvgIpc) is 3.14. The number of halogens is 1. The Hall–Kier alpha value is -2.05. The van der Waals surface area contributed by atoms with E-state index in [1.54, 1.807) is 24.3 Å². The maximum atomic E-state index is 11.7. The van der Waals surface area contributed by atoms with E-state index < -0.39 is 5.97 Å². The SMILES string of the molecule is NCC1CCN(c2noc(-c3ccc(Cl)cc3)c2C(=O)O)C1. The lowest BCUT2D eigenvalue weighted by molar-refractivity contribution is 0.0698. The minimum absolute atomic E-state index is 0.0833. The molecule has 2 heterocycles. The Labute approximate surface area is 132 Å². The van der Waals surface area contributed by atoms with E-state index in [4.69, 9.17) is 21.9 Å². The molecule has 3 N–H and O–H groups in total. The molecule has 1 fully saturated rings. The van der Waals surface area contributed by atoms with Crippen LogP contribution in [0.1, 0.15) is 16.8 Å². The van der Waals surface area contributed by atoms with Crippen LogP contribution in [0.2, 0.25) is 5.02 Å². The summed E-state index contributed by atoms with van der Waals surface area (Å²) in [5.74, 6) is -0.0847. The lowest BCUT2D eigenvalue weighted by atomic mass is 10.1. The molecule has 0 amide bonds. The van der Waals surface area contributed by atoms with E-state index in [2.05, 4.69) is 5.16 Å². The van der Waals surface area contributed by atoms with Crippen molar-refractivity contribution in [1.29, 1.82) is 0 Å². The van der Waals surface area contributed by atoms with Crippen LogP contribution in [0.15, 0.2) is 28.8 Å². The van der Waals surface area contributed by atoms with E-state index in [-0.39, 0.29) is 11.3 Å². The Kier molecular flexibility index (Phi) is 4.04. The van der Waals surface area contributed by atoms with Gasteiger partial charge in [0.15, 0.2) is 17.1 Å². The molecule has 2 aromatic rings. The topological polar surface area (TPSA) is 92.6 Å². The molecule has 7 heteroatoms. The number of carbonyl (C=O) groups is 1. The van der Waals surface area contributed by atoms with Gasteiger partial charge < -0.3 is 20.3 Å². The second-order valence-electron chi connectivity index (χ2n) is 5.36. The lowest BCUT2D eigenvalue weighted by Gasteiger charge is -2.15. The van der Waals surface area contributed by atoms with Crippen molar-refractivity contribution in [2.45, 2.75) is 6.42 Å². The Bertz CT molecular complexity index is 684. The first-order valence-electron chi connectivity index (χ1n) is 7.04. The zero-order valence-corrected chi connectivity index (χ0v) is 12.6. The maximum Gasteiger partial charge on any atom is 0.343 e. The largest absolute Gasteiger partial charge is 0.477 e. The van der Waals surface area contributed by atoms with Gasteiger partial charge in [0.05, 0.1) is 0 Å². The molecule has 6 nitrogen and oxygen atoms in total. The number of nitrogens with two attached hydrogens (primary N) is 1. The minimum Gasteiger partial charge on any atom is -0.477 e. The highest BCUT2D eigenvalue weighted by molar-refractivity contribution is 6.30. The number of benzene rings is 1. The second kappa shape index (κ2) is 5.98. The van der Waals surface area contributed by atoms with Crippen LogP contribution >= 0.6 is 11.6 Å². The predicted octanol–water partition coefficient (Wildman–Crippen LogP) is 2.48. The second-order valence-corrected chi connectivity index (χ2v) is 5.80. The quantitative estimate of drug-likeness (QED) is 0.898. The van der Waals surface area contributed by atoms with Gasteiger partial charge in [-0.2, -0.15) is 0 Å². The summed E-state index contributed by atoms with van der Waals surface area (Å²) in [6.45, 7) is 2.01. The van der Waals surface area contributed by atoms with Crippen LogP contribution in [-0.4, -0.2) is 35.9 Å². The van der Waals surface area contributed by atoms with Crippen molar-refractivity contribution in [1.82, 2.24) is 5.16 Å². The molecule has 116 valence electrons. The lowest BCUT2D eigenvalue weighted by Crippen LogP contribution is -2.24. The van der Waals surface area contributed by atoms with E-state index >= 15 is 0 Å². The molecule has 0 spiro atoms. The highest BCUT2D eigenvalue weighted by Crippen LogP contribution is 2.34. The van der Waals surface area contributed by atoms with Crippen LogP contribution in [0, 0.1) is 5.92 Å². The number of aromatic nitrogens is 1. The van der Waals surface area contributed by atoms with Gasteiger partial charge in [-0.25, -0.2) is 4.79 Å². The van der Waals surface area contributed by atoms with Gasteiger partial charge in [-0.05, 0) is 43.1 Å². The molecule has 3 rings (SSSR count). The highest BCUT2D eigenvalue weighted by Gasteiger charge is 2.31. The van der Waals surface area contributed by atoms with Crippen molar-refractivity contribution >= 4 is 23.4 Å². The zero-order chi connectivity index (χ0) is 15.7. The van der Waals surface area contributed by atoms with Gasteiger partial charge in [-0.15, -0.1) is 0 Å². The Morgan fingerprint density at radius 2 is 2.18 bits per heavy atom. The third-order valence-electron chi connectivity index (χ3n) is 3.91. The van der Waals surface area contributed by atoms with Gasteiger partial charge in [0.25, 0.3) is 0 Å². The first kappa shape index (κ1) is 14.9. The molecule has 1 atom stereocenters. The summed E-state index contributed by atoms with van der Waals surface area (Å²) in [4.78, 5) is 13.6. The summed E-state index contributed by atoms with van der Waals surface area (Å²) in [7, 11) is 0. The van der Waals surface area contributed by atoms with E-state index in [1.807, 2.05) is 4.90 Å². The van der Waals surface area contributed by atoms with Gasteiger partial charge in [0.2, 0.25) is 0 Å². The number of nitrogens with zero attached hydrogens (tertiary/aromatic N) is 2. The monoisotopic (exact) mass is 321 g/mol. The molecule has 0 bridgehead atoms. The number of hydrogen-bond acceptors (Lipinski definition) is 5. The van der Waals surface area contributed by atoms with Crippen molar-refractivity contribution < 1.29 is 14.4 Å². The van der Waals surface area contributed by atoms with Crippen LogP contribution < -0.4 is 10.6 Å². The molecule has 22 heavy (non-hydrogen) atoms. The molecular formula is C15H16ClN3O3. The van der Waals surface area contributed by atoms with Gasteiger partial charge in [0.1, 0.15) is 0 Å². The van der Waals surface area contributed by atoms with Crippen LogP contribution in [0.3, 0.4) is 0 Å². The number of anilines is 1. The van der Waals surface area contributed by atoms with Crippen molar-refractivity contribution in [3.63, 3.8) is 0 Å². The summed E-state index contributed by atoms with van der Waals surface area (Å²) >= 11 is 5.86. The minimum atomic E-state index is -1.06. The van der Waals surface area contributed by atoms with Crippen molar-refractivity contribution in [3.8, 4) is 11.3 Å². The summed E-state index contributed by atoms with van der Waals surface area (Å²) in [6, 6.07) is 6.80. The normalized spacial score (nSPS) is 17.9. The molecule has 0 radical (unpaired) electrons. The van der Waals surface area contributed by atoms with Gasteiger partial charge in [0, 0.05) is 23.7 Å². The summed E-state index contributed by atoms with van der Waals surface area (Å²) in [5, 5.41) is 14.1. The van der Waals surface area contributed by atoms with Crippen LogP contribution in [0.25, 0.3) is 11.3 Å². The first-order chi connectivity index (χ1) is 10.6. The Morgan fingerprint density at radius 1 is 1.45 bits per heavy atom. The molecule has 1 unspecified atom stereocenters. The molecule has 1 aliphatic rings. The first-order valence-corrected chi connectivity index (χ1v) is 7.42. The standard InChI is InChI=1S/C15H16ClN3O3/c16-11-3-1-10(2-4-11)13-12(15(20)21)14(18-22-13)19-6-5-9(7-17)8-19/h1-4,9H,5-8,17H2,(H,20,21). The van der Waals surface area contributed by atoms with Crippen molar-refractivity contribution in [3.05, 3.63) is 34.9 Å². The molecule has 1 aromatic carbocycles. The van der Waals surface area contributed by atoms with E-state index in [1.165, 1.54) is 0 Å². The zero-order valence-electron chi connectivity index (χ0n) is 11.8. The van der Waals surface area contributed by atoms with E-state index in [9.17, 15) is 9.90 Å². The fourth-order valence-electron chi connectivity index (χ4n) is 2.71. The Morgan fingerprint density at radius 3 is 2.77 bits per heavy atom. The van der Waals surface area contributed by atoms with E-state index in [0.717, 1.165) is 13.0 Å². The van der Waals surface area contributed by atoms with E-state index in [0.29, 0.717) is 35.4 Å². The fourth-order valence-corrected chi connectivity index (χ4v) is 2.83. The average molecular weight is 322 g/mol. The van der Waals surface area contributed by atoms with Crippen LogP contribution in [0.5, 0.6) is 0 Å². The van der Waals surface area contributed by atoms with Crippen molar-refractivity contribution in [2.75, 3.05) is 24.5 Å². The molecule has 1 aliphatic heterocycles. The fraction of sp³-hybridized carbons (Fsp3) is 0.333. The highest BCUT2D eigenvalue weighted by atomic mass is 35.5. The summed E-state index contributed by atoms with van der Waals surface area (Å²) < 4.78 is 5.32.